The molecule has 0 aliphatic rings. The molecule has 0 aliphatic carbocycles. The normalized spacial score (nSPS) is 11.1. The Balaban J connectivity index is 1.93. The van der Waals surface area contributed by atoms with Crippen molar-refractivity contribution in [1.82, 2.24) is 10.2 Å². The van der Waals surface area contributed by atoms with Crippen molar-refractivity contribution in [2.45, 2.75) is 18.4 Å². The molecule has 0 atom stereocenters. The number of hydrogen-bond donors (Lipinski definition) is 1. The molecule has 0 bridgehead atoms. The first-order valence-corrected chi connectivity index (χ1v) is 10.5. The van der Waals surface area contributed by atoms with Crippen molar-refractivity contribution in [1.29, 1.82) is 0 Å². The van der Waals surface area contributed by atoms with Crippen LogP contribution in [0.25, 0.3) is 0 Å². The van der Waals surface area contributed by atoms with Gasteiger partial charge in [0.25, 0.3) is 0 Å². The van der Waals surface area contributed by atoms with Gasteiger partial charge in [-0.3, -0.25) is 9.59 Å². The number of nitrogens with zero attached hydrogens (tertiary/aromatic N) is 1. The van der Waals surface area contributed by atoms with Gasteiger partial charge in [-0.25, -0.2) is 12.8 Å². The summed E-state index contributed by atoms with van der Waals surface area (Å²) < 4.78 is 37.6. The van der Waals surface area contributed by atoms with Crippen LogP contribution in [0.5, 0.6) is 0 Å². The zero-order chi connectivity index (χ0) is 20.7. The lowest BCUT2D eigenvalue weighted by Gasteiger charge is -2.20. The minimum atomic E-state index is -3.84. The second-order valence-electron chi connectivity index (χ2n) is 6.02. The van der Waals surface area contributed by atoms with Crippen molar-refractivity contribution < 1.29 is 22.4 Å². The number of carbonyl (C=O) groups is 2. The highest BCUT2D eigenvalue weighted by atomic mass is 35.5. The van der Waals surface area contributed by atoms with E-state index < -0.39 is 27.4 Å². The lowest BCUT2D eigenvalue weighted by Crippen LogP contribution is -2.42. The van der Waals surface area contributed by atoms with Crippen LogP contribution in [0.3, 0.4) is 0 Å². The van der Waals surface area contributed by atoms with Crippen molar-refractivity contribution in [3.8, 4) is 0 Å². The predicted octanol–water partition coefficient (Wildman–Crippen LogP) is 2.42. The number of benzene rings is 2. The zero-order valence-electron chi connectivity index (χ0n) is 15.2. The minimum absolute atomic E-state index is 0.0120. The first-order valence-electron chi connectivity index (χ1n) is 8.48. The van der Waals surface area contributed by atoms with Crippen molar-refractivity contribution in [3.63, 3.8) is 0 Å². The summed E-state index contributed by atoms with van der Waals surface area (Å²) in [5.74, 6) is -2.23. The Bertz CT molecular complexity index is 931. The van der Waals surface area contributed by atoms with E-state index in [-0.39, 0.29) is 30.3 Å². The summed E-state index contributed by atoms with van der Waals surface area (Å²) >= 11 is 5.75. The molecule has 0 spiro atoms. The SMILES string of the molecule is CCN(CC(=O)NCc1ccc(F)cc1)C(=O)CS(=O)(=O)c1ccc(Cl)cc1. The van der Waals surface area contributed by atoms with Crippen LogP contribution >= 0.6 is 11.6 Å². The van der Waals surface area contributed by atoms with Gasteiger partial charge in [-0.15, -0.1) is 0 Å². The number of carbonyl (C=O) groups excluding carboxylic acids is 2. The summed E-state index contributed by atoms with van der Waals surface area (Å²) in [6.07, 6.45) is 0. The zero-order valence-corrected chi connectivity index (χ0v) is 16.8. The molecule has 6 nitrogen and oxygen atoms in total. The van der Waals surface area contributed by atoms with E-state index >= 15 is 0 Å². The standard InChI is InChI=1S/C19H20ClFN2O4S/c1-2-23(12-18(24)22-11-14-3-7-16(21)8-4-14)19(25)13-28(26,27)17-9-5-15(20)6-10-17/h3-10H,2,11-13H2,1H3,(H,22,24). The molecule has 150 valence electrons. The average Bonchev–Trinajstić information content (AvgIpc) is 2.65. The smallest absolute Gasteiger partial charge is 0.239 e. The Kier molecular flexibility index (Phi) is 7.53. The molecule has 0 aliphatic heterocycles. The van der Waals surface area contributed by atoms with Crippen molar-refractivity contribution in [2.75, 3.05) is 18.8 Å². The number of rotatable bonds is 8. The fourth-order valence-electron chi connectivity index (χ4n) is 2.39. The van der Waals surface area contributed by atoms with Gasteiger partial charge in [0.1, 0.15) is 11.6 Å². The van der Waals surface area contributed by atoms with Gasteiger partial charge in [-0.2, -0.15) is 0 Å². The highest BCUT2D eigenvalue weighted by Gasteiger charge is 2.24. The Morgan fingerprint density at radius 2 is 1.68 bits per heavy atom. The molecular weight excluding hydrogens is 407 g/mol. The molecule has 2 rings (SSSR count). The maximum absolute atomic E-state index is 12.9. The average molecular weight is 427 g/mol. The topological polar surface area (TPSA) is 83.6 Å². The van der Waals surface area contributed by atoms with Crippen molar-refractivity contribution in [2.24, 2.45) is 0 Å². The van der Waals surface area contributed by atoms with Gasteiger partial charge in [0.05, 0.1) is 11.4 Å². The number of halogens is 2. The fraction of sp³-hybridized carbons (Fsp3) is 0.263. The predicted molar refractivity (Wildman–Crippen MR) is 104 cm³/mol. The monoisotopic (exact) mass is 426 g/mol. The van der Waals surface area contributed by atoms with E-state index in [4.69, 9.17) is 11.6 Å². The molecule has 28 heavy (non-hydrogen) atoms. The second-order valence-corrected chi connectivity index (χ2v) is 8.45. The molecule has 0 saturated carbocycles. The molecule has 1 N–H and O–H groups in total. The molecule has 2 aromatic rings. The molecule has 0 radical (unpaired) electrons. The highest BCUT2D eigenvalue weighted by molar-refractivity contribution is 7.92. The maximum atomic E-state index is 12.9. The summed E-state index contributed by atoms with van der Waals surface area (Å²) in [6, 6.07) is 11.2. The molecular formula is C19H20ClFN2O4S. The summed E-state index contributed by atoms with van der Waals surface area (Å²) in [6.45, 7) is 1.74. The van der Waals surface area contributed by atoms with Crippen LogP contribution in [0.4, 0.5) is 4.39 Å². The summed E-state index contributed by atoms with van der Waals surface area (Å²) in [5.41, 5.74) is 0.703. The van der Waals surface area contributed by atoms with Crippen LogP contribution in [-0.4, -0.2) is 44.0 Å². The minimum Gasteiger partial charge on any atom is -0.350 e. The highest BCUT2D eigenvalue weighted by Crippen LogP contribution is 2.16. The van der Waals surface area contributed by atoms with Crippen LogP contribution in [0, 0.1) is 5.82 Å². The van der Waals surface area contributed by atoms with E-state index in [9.17, 15) is 22.4 Å². The Hall–Kier alpha value is -2.45. The molecule has 0 saturated heterocycles. The van der Waals surface area contributed by atoms with Gasteiger partial charge in [0, 0.05) is 18.1 Å². The summed E-state index contributed by atoms with van der Waals surface area (Å²) in [4.78, 5) is 25.6. The van der Waals surface area contributed by atoms with Crippen LogP contribution in [-0.2, 0) is 26.0 Å². The van der Waals surface area contributed by atoms with E-state index in [1.54, 1.807) is 6.92 Å². The number of sulfone groups is 1. The van der Waals surface area contributed by atoms with Crippen LogP contribution in [0.2, 0.25) is 5.02 Å². The molecule has 2 amide bonds. The number of amides is 2. The summed E-state index contributed by atoms with van der Waals surface area (Å²) in [5, 5.41) is 3.01. The third kappa shape index (κ3) is 6.31. The van der Waals surface area contributed by atoms with Crippen LogP contribution < -0.4 is 5.32 Å². The van der Waals surface area contributed by atoms with Crippen LogP contribution in [0.1, 0.15) is 12.5 Å². The molecule has 0 heterocycles. The van der Waals surface area contributed by atoms with Gasteiger partial charge in [0.2, 0.25) is 11.8 Å². The number of likely N-dealkylation sites (N-methyl/N-ethyl adjacent to an activating group) is 1. The van der Waals surface area contributed by atoms with Crippen LogP contribution in [0.15, 0.2) is 53.4 Å². The largest absolute Gasteiger partial charge is 0.350 e. The third-order valence-corrected chi connectivity index (χ3v) is 5.83. The Morgan fingerprint density at radius 3 is 2.25 bits per heavy atom. The third-order valence-electron chi connectivity index (χ3n) is 3.96. The Morgan fingerprint density at radius 1 is 1.07 bits per heavy atom. The number of hydrogen-bond acceptors (Lipinski definition) is 4. The first-order chi connectivity index (χ1) is 13.2. The lowest BCUT2D eigenvalue weighted by atomic mass is 10.2. The number of nitrogens with one attached hydrogen (secondary N) is 1. The van der Waals surface area contributed by atoms with Gasteiger partial charge < -0.3 is 10.2 Å². The van der Waals surface area contributed by atoms with E-state index in [0.29, 0.717) is 10.6 Å². The molecule has 0 fully saturated rings. The molecule has 2 aromatic carbocycles. The van der Waals surface area contributed by atoms with E-state index in [1.807, 2.05) is 0 Å². The fourth-order valence-corrected chi connectivity index (χ4v) is 3.74. The van der Waals surface area contributed by atoms with Crippen molar-refractivity contribution >= 4 is 33.3 Å². The van der Waals surface area contributed by atoms with Gasteiger partial charge in [0.15, 0.2) is 9.84 Å². The molecule has 9 heteroatoms. The summed E-state index contributed by atoms with van der Waals surface area (Å²) in [7, 11) is -3.84. The van der Waals surface area contributed by atoms with E-state index in [0.717, 1.165) is 4.90 Å². The van der Waals surface area contributed by atoms with E-state index in [1.165, 1.54) is 48.5 Å². The maximum Gasteiger partial charge on any atom is 0.239 e. The van der Waals surface area contributed by atoms with Crippen molar-refractivity contribution in [3.05, 3.63) is 64.9 Å². The molecule has 0 aromatic heterocycles. The van der Waals surface area contributed by atoms with Gasteiger partial charge in [-0.05, 0) is 48.9 Å². The first kappa shape index (κ1) is 21.8. The molecule has 0 unspecified atom stereocenters. The van der Waals surface area contributed by atoms with Gasteiger partial charge >= 0.3 is 0 Å². The lowest BCUT2D eigenvalue weighted by molar-refractivity contribution is -0.133. The quantitative estimate of drug-likeness (QED) is 0.702. The van der Waals surface area contributed by atoms with Gasteiger partial charge in [-0.1, -0.05) is 23.7 Å². The van der Waals surface area contributed by atoms with E-state index in [2.05, 4.69) is 5.32 Å². The second kappa shape index (κ2) is 9.66. The Labute approximate surface area is 168 Å².